The molecule has 2 atom stereocenters. The number of carbonyl (C=O) groups excluding carboxylic acids is 1. The van der Waals surface area contributed by atoms with Crippen LogP contribution in [0.3, 0.4) is 0 Å². The van der Waals surface area contributed by atoms with Crippen LogP contribution in [0.5, 0.6) is 0 Å². The summed E-state index contributed by atoms with van der Waals surface area (Å²) in [6.07, 6.45) is 6.51. The van der Waals surface area contributed by atoms with Crippen molar-refractivity contribution in [2.75, 3.05) is 0 Å². The zero-order chi connectivity index (χ0) is 13.0. The van der Waals surface area contributed by atoms with E-state index in [1.165, 1.54) is 24.0 Å². The zero-order valence-corrected chi connectivity index (χ0v) is 11.6. The number of ketones is 1. The average Bonchev–Trinajstić information content (AvgIpc) is 2.40. The second-order valence-electron chi connectivity index (χ2n) is 5.57. The molecule has 1 nitrogen and oxygen atoms in total. The lowest BCUT2D eigenvalue weighted by Crippen LogP contribution is -2.23. The van der Waals surface area contributed by atoms with E-state index in [-0.39, 0.29) is 5.92 Å². The Morgan fingerprint density at radius 1 is 1.11 bits per heavy atom. The monoisotopic (exact) mass is 244 g/mol. The minimum Gasteiger partial charge on any atom is -0.299 e. The van der Waals surface area contributed by atoms with Crippen LogP contribution in [0.2, 0.25) is 0 Å². The van der Waals surface area contributed by atoms with Crippen molar-refractivity contribution in [3.8, 4) is 0 Å². The second kappa shape index (κ2) is 6.17. The molecule has 1 aliphatic carbocycles. The Morgan fingerprint density at radius 3 is 2.39 bits per heavy atom. The van der Waals surface area contributed by atoms with Crippen molar-refractivity contribution < 1.29 is 4.79 Å². The van der Waals surface area contributed by atoms with Crippen molar-refractivity contribution in [3.05, 3.63) is 35.4 Å². The van der Waals surface area contributed by atoms with Crippen LogP contribution >= 0.6 is 0 Å². The lowest BCUT2D eigenvalue weighted by atomic mass is 9.77. The fourth-order valence-corrected chi connectivity index (χ4v) is 3.00. The number of Topliss-reactive ketones (excluding diaryl/α,β-unsaturated/α-hetero) is 1. The Bertz CT molecular complexity index is 391. The molecule has 1 heteroatoms. The van der Waals surface area contributed by atoms with Crippen molar-refractivity contribution in [2.45, 2.75) is 58.3 Å². The molecule has 0 spiro atoms. The van der Waals surface area contributed by atoms with Gasteiger partial charge in [0.1, 0.15) is 5.78 Å². The third kappa shape index (κ3) is 3.01. The van der Waals surface area contributed by atoms with Crippen LogP contribution in [0, 0.1) is 5.92 Å². The Kier molecular flexibility index (Phi) is 4.57. The molecule has 0 N–H and O–H groups in total. The van der Waals surface area contributed by atoms with E-state index >= 15 is 0 Å². The molecule has 2 rings (SSSR count). The molecule has 1 saturated carbocycles. The number of aryl methyl sites for hydroxylation is 1. The standard InChI is InChI=1S/C17H24O/c1-3-5-14-6-9-15(10-7-14)16-11-8-13(4-2)12-17(16)18/h6-7,9-10,13,16H,3-5,8,11-12H2,1-2H3. The summed E-state index contributed by atoms with van der Waals surface area (Å²) in [6, 6.07) is 8.72. The fourth-order valence-electron chi connectivity index (χ4n) is 3.00. The lowest BCUT2D eigenvalue weighted by molar-refractivity contribution is -0.123. The van der Waals surface area contributed by atoms with Gasteiger partial charge < -0.3 is 0 Å². The summed E-state index contributed by atoms with van der Waals surface area (Å²) in [5.74, 6) is 1.26. The van der Waals surface area contributed by atoms with E-state index in [9.17, 15) is 4.79 Å². The van der Waals surface area contributed by atoms with Gasteiger partial charge in [-0.1, -0.05) is 51.0 Å². The molecule has 1 aliphatic rings. The highest BCUT2D eigenvalue weighted by Crippen LogP contribution is 2.34. The van der Waals surface area contributed by atoms with Gasteiger partial charge in [-0.05, 0) is 36.3 Å². The van der Waals surface area contributed by atoms with Crippen molar-refractivity contribution in [3.63, 3.8) is 0 Å². The van der Waals surface area contributed by atoms with E-state index in [2.05, 4.69) is 38.1 Å². The first-order valence-electron chi connectivity index (χ1n) is 7.36. The van der Waals surface area contributed by atoms with Gasteiger partial charge in [0.05, 0.1) is 0 Å². The number of carbonyl (C=O) groups is 1. The molecular formula is C17H24O. The Morgan fingerprint density at radius 2 is 1.83 bits per heavy atom. The zero-order valence-electron chi connectivity index (χ0n) is 11.6. The maximum Gasteiger partial charge on any atom is 0.140 e. The van der Waals surface area contributed by atoms with Crippen LogP contribution < -0.4 is 0 Å². The van der Waals surface area contributed by atoms with Gasteiger partial charge in [0.2, 0.25) is 0 Å². The first kappa shape index (κ1) is 13.3. The smallest absolute Gasteiger partial charge is 0.140 e. The Hall–Kier alpha value is -1.11. The predicted molar refractivity (Wildman–Crippen MR) is 75.8 cm³/mol. The molecule has 2 unspecified atom stereocenters. The molecule has 0 aromatic heterocycles. The normalized spacial score (nSPS) is 24.2. The minimum absolute atomic E-state index is 0.170. The summed E-state index contributed by atoms with van der Waals surface area (Å²) in [4.78, 5) is 12.2. The fraction of sp³-hybridized carbons (Fsp3) is 0.588. The van der Waals surface area contributed by atoms with E-state index in [0.29, 0.717) is 11.7 Å². The van der Waals surface area contributed by atoms with E-state index in [1.807, 2.05) is 0 Å². The third-order valence-electron chi connectivity index (χ3n) is 4.24. The highest BCUT2D eigenvalue weighted by Gasteiger charge is 2.28. The maximum absolute atomic E-state index is 12.2. The maximum atomic E-state index is 12.2. The van der Waals surface area contributed by atoms with Crippen LogP contribution in [0.25, 0.3) is 0 Å². The second-order valence-corrected chi connectivity index (χ2v) is 5.57. The van der Waals surface area contributed by atoms with Crippen LogP contribution in [0.15, 0.2) is 24.3 Å². The van der Waals surface area contributed by atoms with Crippen molar-refractivity contribution in [1.29, 1.82) is 0 Å². The van der Waals surface area contributed by atoms with E-state index in [4.69, 9.17) is 0 Å². The summed E-state index contributed by atoms with van der Waals surface area (Å²) in [5, 5.41) is 0. The van der Waals surface area contributed by atoms with Crippen LogP contribution in [0.4, 0.5) is 0 Å². The van der Waals surface area contributed by atoms with Crippen LogP contribution in [-0.4, -0.2) is 5.78 Å². The van der Waals surface area contributed by atoms with Gasteiger partial charge in [-0.15, -0.1) is 0 Å². The van der Waals surface area contributed by atoms with Gasteiger partial charge >= 0.3 is 0 Å². The summed E-state index contributed by atoms with van der Waals surface area (Å²) >= 11 is 0. The van der Waals surface area contributed by atoms with Gasteiger partial charge in [0.15, 0.2) is 0 Å². The van der Waals surface area contributed by atoms with Crippen LogP contribution in [0.1, 0.15) is 63.0 Å². The van der Waals surface area contributed by atoms with Gasteiger partial charge in [0.25, 0.3) is 0 Å². The van der Waals surface area contributed by atoms with Gasteiger partial charge in [-0.2, -0.15) is 0 Å². The molecule has 0 radical (unpaired) electrons. The molecule has 0 amide bonds. The molecule has 18 heavy (non-hydrogen) atoms. The van der Waals surface area contributed by atoms with Gasteiger partial charge in [0, 0.05) is 12.3 Å². The largest absolute Gasteiger partial charge is 0.299 e. The topological polar surface area (TPSA) is 17.1 Å². The molecule has 0 aliphatic heterocycles. The third-order valence-corrected chi connectivity index (χ3v) is 4.24. The first-order chi connectivity index (χ1) is 8.74. The van der Waals surface area contributed by atoms with E-state index in [0.717, 1.165) is 25.7 Å². The summed E-state index contributed by atoms with van der Waals surface area (Å²) in [7, 11) is 0. The van der Waals surface area contributed by atoms with E-state index in [1.54, 1.807) is 0 Å². The SMILES string of the molecule is CCCc1ccc(C2CCC(CC)CC2=O)cc1. The molecule has 1 aromatic carbocycles. The first-order valence-corrected chi connectivity index (χ1v) is 7.36. The minimum atomic E-state index is 0.170. The Labute approximate surface area is 111 Å². The molecule has 98 valence electrons. The van der Waals surface area contributed by atoms with Crippen molar-refractivity contribution in [1.82, 2.24) is 0 Å². The Balaban J connectivity index is 2.05. The molecule has 0 bridgehead atoms. The number of hydrogen-bond donors (Lipinski definition) is 0. The van der Waals surface area contributed by atoms with Gasteiger partial charge in [-0.25, -0.2) is 0 Å². The van der Waals surface area contributed by atoms with E-state index < -0.39 is 0 Å². The number of rotatable bonds is 4. The van der Waals surface area contributed by atoms with Gasteiger partial charge in [-0.3, -0.25) is 4.79 Å². The quantitative estimate of drug-likeness (QED) is 0.762. The summed E-state index contributed by atoms with van der Waals surface area (Å²) < 4.78 is 0. The summed E-state index contributed by atoms with van der Waals surface area (Å²) in [6.45, 7) is 4.39. The van der Waals surface area contributed by atoms with Crippen molar-refractivity contribution >= 4 is 5.78 Å². The molecule has 0 heterocycles. The van der Waals surface area contributed by atoms with Crippen molar-refractivity contribution in [2.24, 2.45) is 5.92 Å². The molecule has 1 aromatic rings. The summed E-state index contributed by atoms with van der Waals surface area (Å²) in [5.41, 5.74) is 2.62. The lowest BCUT2D eigenvalue weighted by Gasteiger charge is -2.27. The van der Waals surface area contributed by atoms with Crippen LogP contribution in [-0.2, 0) is 11.2 Å². The number of hydrogen-bond acceptors (Lipinski definition) is 1. The molecular weight excluding hydrogens is 220 g/mol. The average molecular weight is 244 g/mol. The predicted octanol–water partition coefficient (Wildman–Crippen LogP) is 4.50. The molecule has 0 saturated heterocycles. The number of benzene rings is 1. The highest BCUT2D eigenvalue weighted by atomic mass is 16.1. The molecule has 1 fully saturated rings. The highest BCUT2D eigenvalue weighted by molar-refractivity contribution is 5.86.